The van der Waals surface area contributed by atoms with Gasteiger partial charge in [-0.2, -0.15) is 0 Å². The average Bonchev–Trinajstić information content (AvgIpc) is 2.80. The van der Waals surface area contributed by atoms with Crippen LogP contribution in [0.25, 0.3) is 11.0 Å². The topological polar surface area (TPSA) is 97.5 Å². The van der Waals surface area contributed by atoms with Gasteiger partial charge >= 0.3 is 5.69 Å². The van der Waals surface area contributed by atoms with Gasteiger partial charge in [-0.25, -0.2) is 9.78 Å². The van der Waals surface area contributed by atoms with E-state index in [0.29, 0.717) is 49.2 Å². The summed E-state index contributed by atoms with van der Waals surface area (Å²) in [5.74, 6) is 0.0832. The molecule has 9 heteroatoms. The molecule has 2 saturated heterocycles. The second kappa shape index (κ2) is 8.28. The minimum absolute atomic E-state index is 0.0545. The number of carbonyl (C=O) groups is 2. The molecule has 2 aromatic heterocycles. The van der Waals surface area contributed by atoms with Crippen LogP contribution >= 0.6 is 0 Å². The molecule has 31 heavy (non-hydrogen) atoms. The molecule has 2 aliphatic heterocycles. The third kappa shape index (κ3) is 3.77. The van der Waals surface area contributed by atoms with E-state index < -0.39 is 5.69 Å². The Morgan fingerprint density at radius 1 is 0.968 bits per heavy atom. The van der Waals surface area contributed by atoms with E-state index in [4.69, 9.17) is 0 Å². The van der Waals surface area contributed by atoms with Gasteiger partial charge in [-0.15, -0.1) is 0 Å². The molecule has 0 spiro atoms. The largest absolute Gasteiger partial charge is 0.343 e. The van der Waals surface area contributed by atoms with Crippen LogP contribution in [-0.4, -0.2) is 55.4 Å². The highest BCUT2D eigenvalue weighted by Gasteiger charge is 2.35. The first kappa shape index (κ1) is 21.3. The first-order valence-corrected chi connectivity index (χ1v) is 10.9. The van der Waals surface area contributed by atoms with Gasteiger partial charge in [0.1, 0.15) is 5.65 Å². The predicted octanol–water partition coefficient (Wildman–Crippen LogP) is 0.944. The molecule has 9 nitrogen and oxygen atoms in total. The Morgan fingerprint density at radius 2 is 1.68 bits per heavy atom. The second-order valence-corrected chi connectivity index (χ2v) is 8.64. The van der Waals surface area contributed by atoms with Gasteiger partial charge in [0.25, 0.3) is 5.56 Å². The Morgan fingerprint density at radius 3 is 2.35 bits per heavy atom. The van der Waals surface area contributed by atoms with E-state index in [9.17, 15) is 19.2 Å². The minimum atomic E-state index is -0.420. The number of fused-ring (bicyclic) bond motifs is 1. The van der Waals surface area contributed by atoms with Crippen LogP contribution in [0.5, 0.6) is 0 Å². The van der Waals surface area contributed by atoms with Crippen molar-refractivity contribution < 1.29 is 9.59 Å². The SMILES string of the molecule is CC(=O)N1CCC(C(=O)N2CCCC[C@H]2c2ccc3c(=O)n(C)c(=O)n(C)c3n2)CC1. The van der Waals surface area contributed by atoms with Crippen molar-refractivity contribution in [2.24, 2.45) is 20.0 Å². The number of aryl methyl sites for hydroxylation is 1. The van der Waals surface area contributed by atoms with E-state index in [1.807, 2.05) is 11.0 Å². The van der Waals surface area contributed by atoms with Gasteiger partial charge in [0, 0.05) is 46.6 Å². The van der Waals surface area contributed by atoms with Crippen molar-refractivity contribution in [3.63, 3.8) is 0 Å². The number of pyridine rings is 1. The van der Waals surface area contributed by atoms with Crippen LogP contribution in [0.4, 0.5) is 0 Å². The van der Waals surface area contributed by atoms with Crippen molar-refractivity contribution >= 4 is 22.8 Å². The van der Waals surface area contributed by atoms with E-state index in [0.717, 1.165) is 23.8 Å². The van der Waals surface area contributed by atoms with Crippen LogP contribution in [0.3, 0.4) is 0 Å². The number of likely N-dealkylation sites (tertiary alicyclic amines) is 2. The number of carbonyl (C=O) groups excluding carboxylic acids is 2. The maximum Gasteiger partial charge on any atom is 0.332 e. The maximum atomic E-state index is 13.4. The van der Waals surface area contributed by atoms with Gasteiger partial charge < -0.3 is 9.80 Å². The molecule has 2 fully saturated rings. The fourth-order valence-corrected chi connectivity index (χ4v) is 4.83. The zero-order chi connectivity index (χ0) is 22.3. The normalized spacial score (nSPS) is 20.3. The number of piperidine rings is 2. The predicted molar refractivity (Wildman–Crippen MR) is 116 cm³/mol. The Hall–Kier alpha value is -2.97. The van der Waals surface area contributed by atoms with Gasteiger partial charge in [-0.3, -0.25) is 23.5 Å². The molecule has 0 radical (unpaired) electrons. The summed E-state index contributed by atoms with van der Waals surface area (Å²) in [6.45, 7) is 3.47. The summed E-state index contributed by atoms with van der Waals surface area (Å²) in [4.78, 5) is 58.2. The number of rotatable bonds is 2. The van der Waals surface area contributed by atoms with E-state index in [1.54, 1.807) is 24.9 Å². The average molecular weight is 428 g/mol. The lowest BCUT2D eigenvalue weighted by Crippen LogP contribution is -2.46. The van der Waals surface area contributed by atoms with E-state index >= 15 is 0 Å². The zero-order valence-electron chi connectivity index (χ0n) is 18.3. The lowest BCUT2D eigenvalue weighted by molar-refractivity contribution is -0.143. The lowest BCUT2D eigenvalue weighted by Gasteiger charge is -2.39. The fraction of sp³-hybridized carbons (Fsp3) is 0.591. The summed E-state index contributed by atoms with van der Waals surface area (Å²) in [5.41, 5.74) is 0.269. The van der Waals surface area contributed by atoms with Crippen molar-refractivity contribution in [2.75, 3.05) is 19.6 Å². The number of hydrogen-bond acceptors (Lipinski definition) is 5. The summed E-state index contributed by atoms with van der Waals surface area (Å²) < 4.78 is 2.46. The molecule has 0 unspecified atom stereocenters. The molecule has 1 atom stereocenters. The molecule has 0 N–H and O–H groups in total. The molecule has 166 valence electrons. The highest BCUT2D eigenvalue weighted by Crippen LogP contribution is 2.33. The molecule has 4 rings (SSSR count). The molecule has 2 aromatic rings. The molecule has 0 saturated carbocycles. The van der Waals surface area contributed by atoms with E-state index in [2.05, 4.69) is 4.98 Å². The van der Waals surface area contributed by atoms with E-state index in [1.165, 1.54) is 11.6 Å². The monoisotopic (exact) mass is 427 g/mol. The third-order valence-corrected chi connectivity index (χ3v) is 6.74. The van der Waals surface area contributed by atoms with Crippen molar-refractivity contribution in [2.45, 2.75) is 45.1 Å². The van der Waals surface area contributed by atoms with Crippen LogP contribution in [0.1, 0.15) is 50.8 Å². The van der Waals surface area contributed by atoms with Gasteiger partial charge in [0.05, 0.1) is 17.1 Å². The van der Waals surface area contributed by atoms with Crippen LogP contribution in [0.2, 0.25) is 0 Å². The Bertz CT molecular complexity index is 1140. The molecular weight excluding hydrogens is 398 g/mol. The summed E-state index contributed by atoms with van der Waals surface area (Å²) in [6, 6.07) is 3.35. The van der Waals surface area contributed by atoms with Gasteiger partial charge in [-0.1, -0.05) is 0 Å². The first-order valence-electron chi connectivity index (χ1n) is 10.9. The molecule has 0 aliphatic carbocycles. The first-order chi connectivity index (χ1) is 14.8. The zero-order valence-corrected chi connectivity index (χ0v) is 18.3. The summed E-state index contributed by atoms with van der Waals surface area (Å²) in [6.07, 6.45) is 4.09. The summed E-state index contributed by atoms with van der Waals surface area (Å²) >= 11 is 0. The highest BCUT2D eigenvalue weighted by molar-refractivity contribution is 5.80. The van der Waals surface area contributed by atoms with Crippen molar-refractivity contribution in [1.29, 1.82) is 0 Å². The van der Waals surface area contributed by atoms with Crippen LogP contribution in [0.15, 0.2) is 21.7 Å². The molecule has 4 heterocycles. The van der Waals surface area contributed by atoms with Crippen molar-refractivity contribution in [3.05, 3.63) is 38.7 Å². The molecule has 0 aromatic carbocycles. The minimum Gasteiger partial charge on any atom is -0.343 e. The van der Waals surface area contributed by atoms with Crippen LogP contribution in [0, 0.1) is 5.92 Å². The molecule has 2 amide bonds. The Balaban J connectivity index is 1.64. The second-order valence-electron chi connectivity index (χ2n) is 8.64. The Labute approximate surface area is 180 Å². The number of amides is 2. The summed E-state index contributed by atoms with van der Waals surface area (Å²) in [7, 11) is 3.06. The van der Waals surface area contributed by atoms with Gasteiger partial charge in [-0.05, 0) is 44.2 Å². The van der Waals surface area contributed by atoms with Crippen molar-refractivity contribution in [1.82, 2.24) is 23.9 Å². The lowest BCUT2D eigenvalue weighted by atomic mass is 9.91. The number of nitrogens with zero attached hydrogens (tertiary/aromatic N) is 5. The molecule has 2 aliphatic rings. The summed E-state index contributed by atoms with van der Waals surface area (Å²) in [5, 5.41) is 0.388. The Kier molecular flexibility index (Phi) is 5.68. The maximum absolute atomic E-state index is 13.4. The van der Waals surface area contributed by atoms with E-state index in [-0.39, 0.29) is 29.3 Å². The molecule has 0 bridgehead atoms. The smallest absolute Gasteiger partial charge is 0.332 e. The van der Waals surface area contributed by atoms with Gasteiger partial charge in [0.2, 0.25) is 11.8 Å². The van der Waals surface area contributed by atoms with Crippen LogP contribution < -0.4 is 11.2 Å². The van der Waals surface area contributed by atoms with Crippen molar-refractivity contribution in [3.8, 4) is 0 Å². The standard InChI is InChI=1S/C22H29N5O4/c1-14(28)26-12-9-15(10-13-26)20(29)27-11-5-4-6-18(27)17-8-7-16-19(23-17)24(2)22(31)25(3)21(16)30/h7-8,15,18H,4-6,9-13H2,1-3H3/t18-/m0/s1. The fourth-order valence-electron chi connectivity index (χ4n) is 4.83. The van der Waals surface area contributed by atoms with Gasteiger partial charge in [0.15, 0.2) is 0 Å². The van der Waals surface area contributed by atoms with Crippen LogP contribution in [-0.2, 0) is 23.7 Å². The third-order valence-electron chi connectivity index (χ3n) is 6.74. The quantitative estimate of drug-likeness (QED) is 0.711. The molecular formula is C22H29N5O4. The highest BCUT2D eigenvalue weighted by atomic mass is 16.2. The number of aromatic nitrogens is 3. The number of hydrogen-bond donors (Lipinski definition) is 0.